The van der Waals surface area contributed by atoms with Crippen LogP contribution in [-0.4, -0.2) is 55.8 Å². The van der Waals surface area contributed by atoms with Crippen LogP contribution in [0.4, 0.5) is 0 Å². The quantitative estimate of drug-likeness (QED) is 0.803. The summed E-state index contributed by atoms with van der Waals surface area (Å²) in [5.74, 6) is 1.36. The summed E-state index contributed by atoms with van der Waals surface area (Å²) < 4.78 is 6.86. The average molecular weight is 288 g/mol. The summed E-state index contributed by atoms with van der Waals surface area (Å²) in [5, 5.41) is 8.35. The van der Waals surface area contributed by atoms with Gasteiger partial charge in [-0.25, -0.2) is 4.98 Å². The first-order valence-electron chi connectivity index (χ1n) is 6.70. The number of carbonyl (C=O) groups excluding carboxylic acids is 1. The van der Waals surface area contributed by atoms with Gasteiger partial charge in [-0.1, -0.05) is 0 Å². The summed E-state index contributed by atoms with van der Waals surface area (Å²) in [6, 6.07) is -0.363. The van der Waals surface area contributed by atoms with Crippen molar-refractivity contribution in [3.63, 3.8) is 0 Å². The van der Waals surface area contributed by atoms with Crippen molar-refractivity contribution < 1.29 is 9.53 Å². The van der Waals surface area contributed by atoms with Gasteiger partial charge in [0.1, 0.15) is 11.7 Å². The number of carbonyl (C=O) groups is 1. The molecule has 2 aromatic heterocycles. The molecule has 110 valence electrons. The predicted octanol–water partition coefficient (Wildman–Crippen LogP) is 0.285. The van der Waals surface area contributed by atoms with Crippen molar-refractivity contribution in [1.82, 2.24) is 29.6 Å². The van der Waals surface area contributed by atoms with Gasteiger partial charge in [-0.05, 0) is 6.92 Å². The monoisotopic (exact) mass is 288 g/mol. The largest absolute Gasteiger partial charge is 0.383 e. The van der Waals surface area contributed by atoms with Crippen LogP contribution in [0, 0.1) is 0 Å². The Kier molecular flexibility index (Phi) is 3.61. The first-order chi connectivity index (χ1) is 10.2. The van der Waals surface area contributed by atoms with E-state index in [2.05, 4.69) is 20.2 Å². The van der Waals surface area contributed by atoms with Crippen LogP contribution in [0.2, 0.25) is 0 Å². The molecule has 8 nitrogen and oxygen atoms in total. The number of ether oxygens (including phenoxy) is 1. The van der Waals surface area contributed by atoms with Gasteiger partial charge in [0.25, 0.3) is 0 Å². The molecular formula is C13H16N6O2. The lowest BCUT2D eigenvalue weighted by Crippen LogP contribution is -2.43. The molecule has 1 aliphatic heterocycles. The molecule has 1 atom stereocenters. The van der Waals surface area contributed by atoms with Crippen LogP contribution in [-0.2, 0) is 16.1 Å². The summed E-state index contributed by atoms with van der Waals surface area (Å²) in [6.07, 6.45) is 4.81. The zero-order valence-electron chi connectivity index (χ0n) is 11.9. The highest BCUT2D eigenvalue weighted by Crippen LogP contribution is 2.26. The van der Waals surface area contributed by atoms with E-state index in [1.165, 1.54) is 0 Å². The van der Waals surface area contributed by atoms with E-state index in [4.69, 9.17) is 4.74 Å². The van der Waals surface area contributed by atoms with E-state index in [0.717, 1.165) is 5.82 Å². The van der Waals surface area contributed by atoms with Gasteiger partial charge in [0.15, 0.2) is 11.6 Å². The molecule has 0 radical (unpaired) electrons. The van der Waals surface area contributed by atoms with Gasteiger partial charge in [-0.3, -0.25) is 14.3 Å². The van der Waals surface area contributed by atoms with E-state index in [-0.39, 0.29) is 11.9 Å². The highest BCUT2D eigenvalue weighted by atomic mass is 16.5. The first-order valence-corrected chi connectivity index (χ1v) is 6.70. The highest BCUT2D eigenvalue weighted by molar-refractivity contribution is 5.81. The maximum absolute atomic E-state index is 12.4. The molecule has 2 aromatic rings. The van der Waals surface area contributed by atoms with Gasteiger partial charge in [-0.2, -0.15) is 0 Å². The molecule has 0 fully saturated rings. The van der Waals surface area contributed by atoms with Crippen molar-refractivity contribution in [2.24, 2.45) is 0 Å². The van der Waals surface area contributed by atoms with Crippen LogP contribution >= 0.6 is 0 Å². The van der Waals surface area contributed by atoms with Gasteiger partial charge in [0, 0.05) is 26.0 Å². The molecule has 0 aromatic carbocycles. The fraction of sp³-hybridized carbons (Fsp3) is 0.462. The number of hydrogen-bond donors (Lipinski definition) is 0. The average Bonchev–Trinajstić information content (AvgIpc) is 2.94. The third kappa shape index (κ3) is 2.38. The van der Waals surface area contributed by atoms with Crippen molar-refractivity contribution in [1.29, 1.82) is 0 Å². The fourth-order valence-electron chi connectivity index (χ4n) is 2.44. The van der Waals surface area contributed by atoms with Crippen LogP contribution in [0.1, 0.15) is 18.8 Å². The summed E-state index contributed by atoms with van der Waals surface area (Å²) in [7, 11) is 1.62. The molecule has 0 N–H and O–H groups in total. The van der Waals surface area contributed by atoms with Crippen molar-refractivity contribution in [3.8, 4) is 11.5 Å². The molecule has 3 rings (SSSR count). The maximum atomic E-state index is 12.4. The SMILES string of the molecule is COCCN1Cc2nnc(-c3cnccn3)n2[C@@H](C)C1=O. The van der Waals surface area contributed by atoms with Crippen LogP contribution in [0.15, 0.2) is 18.6 Å². The van der Waals surface area contributed by atoms with Gasteiger partial charge in [0.2, 0.25) is 5.91 Å². The van der Waals surface area contributed by atoms with Gasteiger partial charge in [0.05, 0.1) is 19.3 Å². The van der Waals surface area contributed by atoms with Crippen LogP contribution in [0.25, 0.3) is 11.5 Å². The number of amides is 1. The third-order valence-corrected chi connectivity index (χ3v) is 3.51. The summed E-state index contributed by atoms with van der Waals surface area (Å²) >= 11 is 0. The summed E-state index contributed by atoms with van der Waals surface area (Å²) in [6.45, 7) is 3.32. The van der Waals surface area contributed by atoms with Crippen LogP contribution in [0.3, 0.4) is 0 Å². The molecule has 0 aliphatic carbocycles. The molecular weight excluding hydrogens is 272 g/mol. The number of rotatable bonds is 4. The number of aromatic nitrogens is 5. The Morgan fingerprint density at radius 1 is 1.38 bits per heavy atom. The Balaban J connectivity index is 1.95. The molecule has 3 heterocycles. The molecule has 0 bridgehead atoms. The molecule has 21 heavy (non-hydrogen) atoms. The normalized spacial score (nSPS) is 17.9. The Bertz CT molecular complexity index is 641. The lowest BCUT2D eigenvalue weighted by molar-refractivity contribution is -0.137. The molecule has 1 amide bonds. The molecule has 0 saturated heterocycles. The number of nitrogens with zero attached hydrogens (tertiary/aromatic N) is 6. The van der Waals surface area contributed by atoms with Crippen molar-refractivity contribution in [2.45, 2.75) is 19.5 Å². The van der Waals surface area contributed by atoms with Crippen LogP contribution < -0.4 is 0 Å². The fourth-order valence-corrected chi connectivity index (χ4v) is 2.44. The van der Waals surface area contributed by atoms with E-state index in [1.54, 1.807) is 30.6 Å². The predicted molar refractivity (Wildman–Crippen MR) is 73.1 cm³/mol. The number of hydrogen-bond acceptors (Lipinski definition) is 6. The van der Waals surface area contributed by atoms with Crippen molar-refractivity contribution >= 4 is 5.91 Å². The van der Waals surface area contributed by atoms with Crippen molar-refractivity contribution in [3.05, 3.63) is 24.4 Å². The molecule has 0 spiro atoms. The Hall–Kier alpha value is -2.35. The molecule has 8 heteroatoms. The lowest BCUT2D eigenvalue weighted by atomic mass is 10.2. The van der Waals surface area contributed by atoms with E-state index in [1.807, 2.05) is 11.5 Å². The van der Waals surface area contributed by atoms with Gasteiger partial charge in [-0.15, -0.1) is 10.2 Å². The summed E-state index contributed by atoms with van der Waals surface area (Å²) in [5.41, 5.74) is 0.612. The Morgan fingerprint density at radius 2 is 2.24 bits per heavy atom. The molecule has 0 saturated carbocycles. The van der Waals surface area contributed by atoms with E-state index >= 15 is 0 Å². The Labute approximate surface area is 121 Å². The van der Waals surface area contributed by atoms with Crippen LogP contribution in [0.5, 0.6) is 0 Å². The minimum atomic E-state index is -0.363. The third-order valence-electron chi connectivity index (χ3n) is 3.51. The number of fused-ring (bicyclic) bond motifs is 1. The minimum Gasteiger partial charge on any atom is -0.383 e. The second-order valence-electron chi connectivity index (χ2n) is 4.83. The van der Waals surface area contributed by atoms with Crippen molar-refractivity contribution in [2.75, 3.05) is 20.3 Å². The first kappa shape index (κ1) is 13.6. The van der Waals surface area contributed by atoms with E-state index < -0.39 is 0 Å². The van der Waals surface area contributed by atoms with Gasteiger partial charge >= 0.3 is 0 Å². The van der Waals surface area contributed by atoms with E-state index in [9.17, 15) is 4.79 Å². The van der Waals surface area contributed by atoms with Gasteiger partial charge < -0.3 is 9.64 Å². The second-order valence-corrected chi connectivity index (χ2v) is 4.83. The smallest absolute Gasteiger partial charge is 0.245 e. The Morgan fingerprint density at radius 3 is 2.95 bits per heavy atom. The van der Waals surface area contributed by atoms with E-state index in [0.29, 0.717) is 31.2 Å². The lowest BCUT2D eigenvalue weighted by Gasteiger charge is -2.31. The number of methoxy groups -OCH3 is 1. The second kappa shape index (κ2) is 5.57. The highest BCUT2D eigenvalue weighted by Gasteiger charge is 2.33. The summed E-state index contributed by atoms with van der Waals surface area (Å²) in [4.78, 5) is 22.4. The standard InChI is InChI=1S/C13H16N6O2/c1-9-13(20)18(5-6-21-2)8-11-16-17-12(19(9)11)10-7-14-3-4-15-10/h3-4,7,9H,5-6,8H2,1-2H3/t9-/m0/s1. The molecule has 1 aliphatic rings. The zero-order chi connectivity index (χ0) is 14.8. The minimum absolute atomic E-state index is 0.0319. The molecule has 0 unspecified atom stereocenters. The topological polar surface area (TPSA) is 86.0 Å². The maximum Gasteiger partial charge on any atom is 0.245 e. The zero-order valence-corrected chi connectivity index (χ0v) is 11.9.